The van der Waals surface area contributed by atoms with Crippen molar-refractivity contribution in [3.63, 3.8) is 0 Å². The van der Waals surface area contributed by atoms with E-state index in [0.717, 1.165) is 26.2 Å². The molecule has 4 aliphatic heterocycles. The van der Waals surface area contributed by atoms with Gasteiger partial charge in [-0.25, -0.2) is 0 Å². The van der Waals surface area contributed by atoms with Gasteiger partial charge in [0.15, 0.2) is 0 Å². The fourth-order valence-corrected chi connectivity index (χ4v) is 9.15. The van der Waals surface area contributed by atoms with Gasteiger partial charge in [0, 0.05) is 69.3 Å². The number of piperidine rings is 2. The predicted molar refractivity (Wildman–Crippen MR) is 182 cm³/mol. The van der Waals surface area contributed by atoms with Gasteiger partial charge in [-0.1, -0.05) is 48.2 Å². The van der Waals surface area contributed by atoms with Crippen LogP contribution >= 0.6 is 11.8 Å². The fraction of sp³-hybridized carbons (Fsp3) is 0.368. The lowest BCUT2D eigenvalue weighted by Crippen LogP contribution is -2.38. The number of fused-ring (bicyclic) bond motifs is 6. The first-order chi connectivity index (χ1) is 21.0. The Hall–Kier alpha value is -3.25. The summed E-state index contributed by atoms with van der Waals surface area (Å²) in [4.78, 5) is 2.57. The van der Waals surface area contributed by atoms with Crippen molar-refractivity contribution in [3.05, 3.63) is 94.0 Å². The number of rotatable bonds is 4. The van der Waals surface area contributed by atoms with E-state index >= 15 is 0 Å². The number of nitrogens with one attached hydrogen (secondary N) is 4. The van der Waals surface area contributed by atoms with Crippen molar-refractivity contribution in [2.75, 3.05) is 36.8 Å². The van der Waals surface area contributed by atoms with Crippen LogP contribution in [0.1, 0.15) is 58.1 Å². The summed E-state index contributed by atoms with van der Waals surface area (Å²) in [5, 5.41) is 15.2. The summed E-state index contributed by atoms with van der Waals surface area (Å²) in [5.74, 6) is 1.12. The average Bonchev–Trinajstić information content (AvgIpc) is 3.60. The second-order valence-electron chi connectivity index (χ2n) is 13.2. The highest BCUT2D eigenvalue weighted by Crippen LogP contribution is 2.49. The highest BCUT2D eigenvalue weighted by molar-refractivity contribution is 7.99. The van der Waals surface area contributed by atoms with Crippen LogP contribution in [0.25, 0.3) is 22.3 Å². The third-order valence-electron chi connectivity index (χ3n) is 10.5. The highest BCUT2D eigenvalue weighted by atomic mass is 32.2. The van der Waals surface area contributed by atoms with E-state index in [-0.39, 0.29) is 0 Å². The summed E-state index contributed by atoms with van der Waals surface area (Å²) in [6.45, 7) is 13.4. The van der Waals surface area contributed by atoms with Crippen LogP contribution in [0, 0.1) is 27.7 Å². The normalized spacial score (nSPS) is 23.5. The molecule has 4 aliphatic rings. The Kier molecular flexibility index (Phi) is 6.81. The van der Waals surface area contributed by atoms with Crippen LogP contribution in [0.2, 0.25) is 0 Å². The topological polar surface area (TPSA) is 48.1 Å². The van der Waals surface area contributed by atoms with E-state index in [1.165, 1.54) is 89.6 Å². The zero-order valence-corrected chi connectivity index (χ0v) is 26.6. The number of anilines is 2. The molecule has 2 saturated heterocycles. The molecule has 2 fully saturated rings. The van der Waals surface area contributed by atoms with Crippen molar-refractivity contribution in [1.29, 1.82) is 0 Å². The summed E-state index contributed by atoms with van der Waals surface area (Å²) in [5.41, 5.74) is 16.6. The molecule has 4 N–H and O–H groups in total. The van der Waals surface area contributed by atoms with Crippen molar-refractivity contribution in [2.45, 2.75) is 74.2 Å². The zero-order chi connectivity index (χ0) is 29.2. The second-order valence-corrected chi connectivity index (χ2v) is 14.3. The summed E-state index contributed by atoms with van der Waals surface area (Å²) < 4.78 is 0. The van der Waals surface area contributed by atoms with Crippen LogP contribution in [0.4, 0.5) is 11.4 Å². The lowest BCUT2D eigenvalue weighted by atomic mass is 9.86. The maximum absolute atomic E-state index is 3.96. The lowest BCUT2D eigenvalue weighted by Gasteiger charge is -2.26. The molecule has 2 unspecified atom stereocenters. The van der Waals surface area contributed by atoms with Gasteiger partial charge in [-0.05, 0) is 122 Å². The molecule has 4 aromatic rings. The number of aryl methyl sites for hydroxylation is 4. The van der Waals surface area contributed by atoms with E-state index in [1.807, 2.05) is 11.8 Å². The Morgan fingerprint density at radius 1 is 0.535 bits per heavy atom. The molecule has 4 aromatic carbocycles. The van der Waals surface area contributed by atoms with Gasteiger partial charge < -0.3 is 21.3 Å². The monoisotopic (exact) mass is 586 g/mol. The minimum Gasteiger partial charge on any atom is -0.381 e. The van der Waals surface area contributed by atoms with Crippen LogP contribution in [0.15, 0.2) is 70.5 Å². The first-order valence-corrected chi connectivity index (χ1v) is 16.9. The minimum atomic E-state index is 0.540. The number of hydrogen-bond donors (Lipinski definition) is 4. The second kappa shape index (κ2) is 10.7. The molecule has 0 amide bonds. The quantitative estimate of drug-likeness (QED) is 0.194. The molecule has 0 saturated carbocycles. The van der Waals surface area contributed by atoms with Gasteiger partial charge in [0.2, 0.25) is 0 Å². The molecule has 43 heavy (non-hydrogen) atoms. The smallest absolute Gasteiger partial charge is 0.0461 e. The van der Waals surface area contributed by atoms with Gasteiger partial charge in [0.25, 0.3) is 0 Å². The highest BCUT2D eigenvalue weighted by Gasteiger charge is 2.38. The van der Waals surface area contributed by atoms with Crippen LogP contribution < -0.4 is 21.3 Å². The Morgan fingerprint density at radius 2 is 0.977 bits per heavy atom. The molecule has 0 radical (unpaired) electrons. The maximum atomic E-state index is 3.96. The number of hydrogen-bond acceptors (Lipinski definition) is 5. The minimum absolute atomic E-state index is 0.540. The standard InChI is InChI=1S/C38H42N4S/c1-21-5-9-25(17-29(21)27-11-7-23(3)35-31-19-39-15-13-33(31)41-37(27)35)43-26-10-6-22(2)30(18-26)28-12-8-24(4)36-32-20-40-16-14-34(32)42-38(28)36/h5-12,17-18,31-34,39-42H,13-16,19-20H2,1-4H3/t31-,32?,33-,34?/m1/s1. The average molecular weight is 587 g/mol. The lowest BCUT2D eigenvalue weighted by molar-refractivity contribution is 0.439. The van der Waals surface area contributed by atoms with Crippen molar-refractivity contribution < 1.29 is 0 Å². The van der Waals surface area contributed by atoms with E-state index in [9.17, 15) is 0 Å². The Morgan fingerprint density at radius 3 is 1.44 bits per heavy atom. The van der Waals surface area contributed by atoms with Crippen LogP contribution in [0.5, 0.6) is 0 Å². The molecule has 5 heteroatoms. The molecule has 0 aliphatic carbocycles. The predicted octanol–water partition coefficient (Wildman–Crippen LogP) is 8.15. The third kappa shape index (κ3) is 4.59. The summed E-state index contributed by atoms with van der Waals surface area (Å²) in [6.07, 6.45) is 2.36. The van der Waals surface area contributed by atoms with Crippen molar-refractivity contribution in [3.8, 4) is 22.3 Å². The van der Waals surface area contributed by atoms with Gasteiger partial charge in [-0.15, -0.1) is 0 Å². The van der Waals surface area contributed by atoms with E-state index in [4.69, 9.17) is 0 Å². The van der Waals surface area contributed by atoms with Gasteiger partial charge in [-0.3, -0.25) is 0 Å². The molecule has 0 bridgehead atoms. The first kappa shape index (κ1) is 27.3. The molecule has 4 atom stereocenters. The van der Waals surface area contributed by atoms with Crippen molar-refractivity contribution in [1.82, 2.24) is 10.6 Å². The Labute approximate surface area is 260 Å². The Balaban J connectivity index is 1.14. The van der Waals surface area contributed by atoms with Gasteiger partial charge >= 0.3 is 0 Å². The van der Waals surface area contributed by atoms with Gasteiger partial charge in [0.1, 0.15) is 0 Å². The van der Waals surface area contributed by atoms with Crippen molar-refractivity contribution in [2.24, 2.45) is 0 Å². The Bertz CT molecular complexity index is 1620. The largest absolute Gasteiger partial charge is 0.381 e. The maximum Gasteiger partial charge on any atom is 0.0461 e. The summed E-state index contributed by atoms with van der Waals surface area (Å²) >= 11 is 1.87. The van der Waals surface area contributed by atoms with E-state index in [0.29, 0.717) is 23.9 Å². The van der Waals surface area contributed by atoms with Crippen LogP contribution in [0.3, 0.4) is 0 Å². The molecule has 4 heterocycles. The third-order valence-corrected chi connectivity index (χ3v) is 11.5. The summed E-state index contributed by atoms with van der Waals surface area (Å²) in [6, 6.07) is 24.4. The van der Waals surface area contributed by atoms with E-state index < -0.39 is 0 Å². The molecule has 4 nitrogen and oxygen atoms in total. The van der Waals surface area contributed by atoms with Crippen LogP contribution in [-0.2, 0) is 0 Å². The zero-order valence-electron chi connectivity index (χ0n) is 25.7. The summed E-state index contributed by atoms with van der Waals surface area (Å²) in [7, 11) is 0. The molecular formula is C38H42N4S. The molecule has 8 rings (SSSR count). The molecule has 0 aromatic heterocycles. The van der Waals surface area contributed by atoms with Crippen molar-refractivity contribution >= 4 is 23.1 Å². The van der Waals surface area contributed by atoms with E-state index in [1.54, 1.807) is 0 Å². The first-order valence-electron chi connectivity index (χ1n) is 16.1. The fourth-order valence-electron chi connectivity index (χ4n) is 8.25. The molecule has 220 valence electrons. The van der Waals surface area contributed by atoms with Gasteiger partial charge in [-0.2, -0.15) is 0 Å². The van der Waals surface area contributed by atoms with Crippen LogP contribution in [-0.4, -0.2) is 38.3 Å². The van der Waals surface area contributed by atoms with E-state index in [2.05, 4.69) is 110 Å². The molecular weight excluding hydrogens is 545 g/mol. The van der Waals surface area contributed by atoms with Gasteiger partial charge in [0.05, 0.1) is 0 Å². The number of benzene rings is 4. The molecule has 0 spiro atoms. The SMILES string of the molecule is Cc1ccc(Sc2ccc(C)c(-c3ccc(C)c4c3N[C@@H]3CCNC[C@@H]43)c2)cc1-c1ccc(C)c2c1NC1CCNCC21.